The fraction of sp³-hybridized carbons (Fsp3) is 0.111. The van der Waals surface area contributed by atoms with Gasteiger partial charge in [-0.15, -0.1) is 0 Å². The van der Waals surface area contributed by atoms with E-state index in [-0.39, 0.29) is 5.56 Å². The van der Waals surface area contributed by atoms with Crippen molar-refractivity contribution in [2.45, 2.75) is 13.8 Å². The van der Waals surface area contributed by atoms with Gasteiger partial charge in [0.25, 0.3) is 0 Å². The number of fused-ring (bicyclic) bond motifs is 3. The van der Waals surface area contributed by atoms with Crippen molar-refractivity contribution in [3.8, 4) is 22.4 Å². The average molecular weight is 410 g/mol. The minimum atomic E-state index is -2.55. The molecule has 0 aliphatic heterocycles. The molecule has 0 aliphatic carbocycles. The summed E-state index contributed by atoms with van der Waals surface area (Å²) in [7, 11) is 1.69. The number of furan rings is 1. The first-order valence-electron chi connectivity index (χ1n) is 11.3. The Kier molecular flexibility index (Phi) is 3.61. The predicted octanol–water partition coefficient (Wildman–Crippen LogP) is 7.05. The maximum atomic E-state index is 14.9. The monoisotopic (exact) mass is 410 g/mol. The standard InChI is InChI=1S/C27H20FN2O/c1-16-10-11-20-22-13-19(29-3)12-21(18-8-6-5-7-9-18)26(22)31-27(20)25(16)24-14-23(28)17(2)15-30(24)4/h5-15H,1-2,4H3/q+1/i2D3. The van der Waals surface area contributed by atoms with E-state index in [4.69, 9.17) is 15.1 Å². The second kappa shape index (κ2) is 7.07. The number of benzene rings is 3. The van der Waals surface area contributed by atoms with Gasteiger partial charge in [-0.2, -0.15) is 0 Å². The van der Waals surface area contributed by atoms with Crippen LogP contribution in [-0.2, 0) is 7.05 Å². The van der Waals surface area contributed by atoms with E-state index >= 15 is 0 Å². The summed E-state index contributed by atoms with van der Waals surface area (Å²) in [5.41, 5.74) is 5.13. The van der Waals surface area contributed by atoms with Crippen molar-refractivity contribution in [1.29, 1.82) is 0 Å². The highest BCUT2D eigenvalue weighted by Gasteiger charge is 2.23. The molecule has 0 saturated heterocycles. The fourth-order valence-corrected chi connectivity index (χ4v) is 4.11. The van der Waals surface area contributed by atoms with Crippen molar-refractivity contribution < 1.29 is 17.5 Å². The van der Waals surface area contributed by atoms with E-state index in [1.807, 2.05) is 55.5 Å². The lowest BCUT2D eigenvalue weighted by atomic mass is 9.98. The van der Waals surface area contributed by atoms with Crippen molar-refractivity contribution in [2.24, 2.45) is 7.05 Å². The minimum Gasteiger partial charge on any atom is -0.455 e. The molecule has 31 heavy (non-hydrogen) atoms. The van der Waals surface area contributed by atoms with Gasteiger partial charge in [0.2, 0.25) is 5.69 Å². The molecule has 0 bridgehead atoms. The maximum Gasteiger partial charge on any atom is 0.219 e. The quantitative estimate of drug-likeness (QED) is 0.226. The zero-order chi connectivity index (χ0) is 24.2. The topological polar surface area (TPSA) is 21.4 Å². The fourth-order valence-electron chi connectivity index (χ4n) is 4.11. The van der Waals surface area contributed by atoms with Crippen LogP contribution in [0.15, 0.2) is 71.3 Å². The Morgan fingerprint density at radius 1 is 1.00 bits per heavy atom. The van der Waals surface area contributed by atoms with Crippen molar-refractivity contribution in [2.75, 3.05) is 0 Å². The summed E-state index contributed by atoms with van der Waals surface area (Å²) < 4.78 is 45.8. The van der Waals surface area contributed by atoms with Crippen molar-refractivity contribution in [1.82, 2.24) is 0 Å². The zero-order valence-electron chi connectivity index (χ0n) is 20.0. The highest BCUT2D eigenvalue weighted by atomic mass is 19.1. The third-order valence-corrected chi connectivity index (χ3v) is 5.63. The predicted molar refractivity (Wildman–Crippen MR) is 121 cm³/mol. The van der Waals surface area contributed by atoms with Crippen LogP contribution in [0.3, 0.4) is 0 Å². The molecule has 4 heteroatoms. The van der Waals surface area contributed by atoms with Gasteiger partial charge in [-0.25, -0.2) is 13.8 Å². The highest BCUT2D eigenvalue weighted by Crippen LogP contribution is 2.42. The third-order valence-electron chi connectivity index (χ3n) is 5.63. The molecule has 0 atom stereocenters. The smallest absolute Gasteiger partial charge is 0.219 e. The molecule has 5 rings (SSSR count). The Morgan fingerprint density at radius 3 is 2.55 bits per heavy atom. The van der Waals surface area contributed by atoms with Crippen molar-refractivity contribution in [3.05, 3.63) is 95.2 Å². The molecular formula is C27H20FN2O+. The molecule has 0 N–H and O–H groups in total. The second-order valence-electron chi connectivity index (χ2n) is 7.62. The van der Waals surface area contributed by atoms with E-state index in [9.17, 15) is 4.39 Å². The second-order valence-corrected chi connectivity index (χ2v) is 7.62. The molecular weight excluding hydrogens is 387 g/mol. The molecule has 0 unspecified atom stereocenters. The van der Waals surface area contributed by atoms with Crippen LogP contribution in [-0.4, -0.2) is 0 Å². The molecule has 0 aliphatic rings. The third kappa shape index (κ3) is 2.98. The summed E-state index contributed by atoms with van der Waals surface area (Å²) in [4.78, 5) is 3.65. The first-order chi connectivity index (χ1) is 16.2. The summed E-state index contributed by atoms with van der Waals surface area (Å²) in [6.07, 6.45) is 1.31. The average Bonchev–Trinajstić information content (AvgIpc) is 3.18. The summed E-state index contributed by atoms with van der Waals surface area (Å²) in [6.45, 7) is 6.92. The van der Waals surface area contributed by atoms with Crippen molar-refractivity contribution in [3.63, 3.8) is 0 Å². The molecule has 5 aromatic rings. The molecule has 150 valence electrons. The minimum absolute atomic E-state index is 0.332. The van der Waals surface area contributed by atoms with Gasteiger partial charge in [-0.05, 0) is 37.0 Å². The molecule has 0 fully saturated rings. The van der Waals surface area contributed by atoms with E-state index in [0.717, 1.165) is 27.5 Å². The molecule has 2 heterocycles. The SMILES string of the molecule is [2H]C([2H])([2H])c1c[n+](C)c(-c2c(C)ccc3c2oc2c(-c4ccccc4)cc([N+]#[C-])cc23)cc1F. The van der Waals surface area contributed by atoms with E-state index in [2.05, 4.69) is 4.85 Å². The van der Waals surface area contributed by atoms with Crippen LogP contribution in [0.5, 0.6) is 0 Å². The van der Waals surface area contributed by atoms with E-state index in [1.165, 1.54) is 12.3 Å². The largest absolute Gasteiger partial charge is 0.455 e. The Labute approximate surface area is 184 Å². The number of hydrogen-bond donors (Lipinski definition) is 0. The number of aryl methyl sites for hydroxylation is 3. The van der Waals surface area contributed by atoms with Gasteiger partial charge < -0.3 is 4.42 Å². The first-order valence-corrected chi connectivity index (χ1v) is 9.82. The summed E-state index contributed by atoms with van der Waals surface area (Å²) in [5.74, 6) is -0.791. The lowest BCUT2D eigenvalue weighted by Gasteiger charge is -2.06. The normalized spacial score (nSPS) is 13.0. The van der Waals surface area contributed by atoms with Crippen LogP contribution in [0.4, 0.5) is 10.1 Å². The van der Waals surface area contributed by atoms with Crippen LogP contribution in [0, 0.1) is 26.2 Å². The van der Waals surface area contributed by atoms with Crippen LogP contribution in [0.25, 0.3) is 49.2 Å². The number of rotatable bonds is 2. The molecule has 3 aromatic carbocycles. The molecule has 0 spiro atoms. The van der Waals surface area contributed by atoms with Crippen LogP contribution in [0.2, 0.25) is 0 Å². The van der Waals surface area contributed by atoms with Gasteiger partial charge in [-0.3, -0.25) is 0 Å². The summed E-state index contributed by atoms with van der Waals surface area (Å²) in [6, 6.07) is 18.4. The number of pyridine rings is 1. The van der Waals surface area contributed by atoms with Crippen LogP contribution < -0.4 is 4.57 Å². The van der Waals surface area contributed by atoms with E-state index < -0.39 is 12.7 Å². The van der Waals surface area contributed by atoms with Crippen LogP contribution >= 0.6 is 0 Å². The first kappa shape index (κ1) is 15.8. The van der Waals surface area contributed by atoms with Gasteiger partial charge in [0.1, 0.15) is 24.0 Å². The van der Waals surface area contributed by atoms with Gasteiger partial charge in [-0.1, -0.05) is 42.5 Å². The summed E-state index contributed by atoms with van der Waals surface area (Å²) >= 11 is 0. The Hall–Kier alpha value is -3.97. The maximum absolute atomic E-state index is 14.9. The van der Waals surface area contributed by atoms with Gasteiger partial charge in [0.15, 0.2) is 11.9 Å². The Bertz CT molecular complexity index is 1630. The molecule has 0 radical (unpaired) electrons. The number of halogens is 1. The zero-order valence-corrected chi connectivity index (χ0v) is 17.0. The summed E-state index contributed by atoms with van der Waals surface area (Å²) in [5, 5.41) is 1.60. The number of nitrogens with zero attached hydrogens (tertiary/aromatic N) is 2. The lowest BCUT2D eigenvalue weighted by molar-refractivity contribution is -0.661. The Balaban J connectivity index is 1.86. The van der Waals surface area contributed by atoms with Crippen molar-refractivity contribution >= 4 is 27.6 Å². The lowest BCUT2D eigenvalue weighted by Crippen LogP contribution is -2.31. The molecule has 3 nitrogen and oxygen atoms in total. The Morgan fingerprint density at radius 2 is 1.81 bits per heavy atom. The number of aromatic nitrogens is 1. The highest BCUT2D eigenvalue weighted by molar-refractivity contribution is 6.14. The van der Waals surface area contributed by atoms with E-state index in [0.29, 0.717) is 28.1 Å². The van der Waals surface area contributed by atoms with Gasteiger partial charge >= 0.3 is 0 Å². The number of hydrogen-bond acceptors (Lipinski definition) is 1. The van der Waals surface area contributed by atoms with Gasteiger partial charge in [0.05, 0.1) is 12.1 Å². The van der Waals surface area contributed by atoms with Crippen LogP contribution in [0.1, 0.15) is 15.2 Å². The molecule has 0 amide bonds. The van der Waals surface area contributed by atoms with Gasteiger partial charge in [0, 0.05) is 32.1 Å². The molecule has 2 aromatic heterocycles. The van der Waals surface area contributed by atoms with E-state index in [1.54, 1.807) is 17.7 Å². The molecule has 0 saturated carbocycles.